The lowest BCUT2D eigenvalue weighted by Crippen LogP contribution is -2.22. The summed E-state index contributed by atoms with van der Waals surface area (Å²) in [5, 5.41) is 0. The number of rotatable bonds is 9. The van der Waals surface area contributed by atoms with Gasteiger partial charge in [0.15, 0.2) is 5.65 Å². The highest BCUT2D eigenvalue weighted by Crippen LogP contribution is 2.28. The van der Waals surface area contributed by atoms with Crippen molar-refractivity contribution in [2.75, 3.05) is 6.61 Å². The van der Waals surface area contributed by atoms with Gasteiger partial charge in [0.05, 0.1) is 11.9 Å². The lowest BCUT2D eigenvalue weighted by Gasteiger charge is -2.16. The zero-order chi connectivity index (χ0) is 21.9. The summed E-state index contributed by atoms with van der Waals surface area (Å²) in [5.41, 5.74) is 4.08. The van der Waals surface area contributed by atoms with E-state index in [9.17, 15) is 4.79 Å². The van der Waals surface area contributed by atoms with Crippen molar-refractivity contribution in [3.05, 3.63) is 45.8 Å². The van der Waals surface area contributed by atoms with Gasteiger partial charge in [-0.1, -0.05) is 45.6 Å². The van der Waals surface area contributed by atoms with Crippen LogP contribution in [-0.4, -0.2) is 35.5 Å². The van der Waals surface area contributed by atoms with Crippen LogP contribution in [0.3, 0.4) is 0 Å². The van der Waals surface area contributed by atoms with E-state index in [1.54, 1.807) is 0 Å². The second-order valence-electron chi connectivity index (χ2n) is 9.69. The largest absolute Gasteiger partial charge is 0.361 e. The summed E-state index contributed by atoms with van der Waals surface area (Å²) in [7, 11) is -1.13. The summed E-state index contributed by atoms with van der Waals surface area (Å²) in [5.74, 6) is 0. The molecule has 0 saturated carbocycles. The van der Waals surface area contributed by atoms with E-state index in [0.29, 0.717) is 13.2 Å². The first kappa shape index (κ1) is 23.1. The molecule has 0 atom stereocenters. The van der Waals surface area contributed by atoms with Gasteiger partial charge in [-0.2, -0.15) is 0 Å². The van der Waals surface area contributed by atoms with E-state index in [1.807, 2.05) is 42.9 Å². The number of carbonyl (C=O) groups excluding carboxylic acids is 1. The third-order valence-electron chi connectivity index (χ3n) is 4.95. The minimum absolute atomic E-state index is 0.444. The molecule has 5 nitrogen and oxygen atoms in total. The maximum absolute atomic E-state index is 11.5. The standard InChI is InChI=1S/C23H30IN3O2Si/c1-23(2,15-28)12-18-14-27(16-29-9-10-30(3,4)5)22-21(18)26-20(13-25-22)17-7-6-8-19(24)11-17/h6-8,11,13-15H,9-10,12,16H2,1-5H3. The quantitative estimate of drug-likeness (QED) is 0.151. The van der Waals surface area contributed by atoms with Gasteiger partial charge in [0, 0.05) is 35.4 Å². The summed E-state index contributed by atoms with van der Waals surface area (Å²) in [6.07, 6.45) is 5.49. The van der Waals surface area contributed by atoms with Crippen LogP contribution in [0.4, 0.5) is 0 Å². The fourth-order valence-electron chi connectivity index (χ4n) is 3.21. The van der Waals surface area contributed by atoms with Crippen molar-refractivity contribution in [2.45, 2.75) is 52.7 Å². The second kappa shape index (κ2) is 9.28. The monoisotopic (exact) mass is 535 g/mol. The number of nitrogens with zero attached hydrogens (tertiary/aromatic N) is 3. The van der Waals surface area contributed by atoms with E-state index < -0.39 is 13.5 Å². The lowest BCUT2D eigenvalue weighted by molar-refractivity contribution is -0.114. The fourth-order valence-corrected chi connectivity index (χ4v) is 4.51. The first-order chi connectivity index (χ1) is 14.1. The number of carbonyl (C=O) groups is 1. The Bertz CT molecular complexity index is 1040. The zero-order valence-corrected chi connectivity index (χ0v) is 21.6. The molecule has 0 aliphatic heterocycles. The Hall–Kier alpha value is -1.58. The van der Waals surface area contributed by atoms with E-state index in [0.717, 1.165) is 50.5 Å². The molecule has 0 aliphatic carbocycles. The van der Waals surface area contributed by atoms with Gasteiger partial charge in [0.1, 0.15) is 18.5 Å². The maximum atomic E-state index is 11.5. The molecule has 0 fully saturated rings. The number of aldehydes is 1. The summed E-state index contributed by atoms with van der Waals surface area (Å²) in [6, 6.07) is 9.35. The minimum Gasteiger partial charge on any atom is -0.361 e. The normalized spacial score (nSPS) is 12.5. The van der Waals surface area contributed by atoms with E-state index in [-0.39, 0.29) is 0 Å². The van der Waals surface area contributed by atoms with Crippen molar-refractivity contribution < 1.29 is 9.53 Å². The number of ether oxygens (including phenoxy) is 1. The number of benzene rings is 1. The Morgan fingerprint density at radius 3 is 2.70 bits per heavy atom. The molecule has 0 radical (unpaired) electrons. The molecule has 2 aromatic heterocycles. The van der Waals surface area contributed by atoms with Crippen LogP contribution in [0.25, 0.3) is 22.4 Å². The van der Waals surface area contributed by atoms with Crippen LogP contribution < -0.4 is 0 Å². The van der Waals surface area contributed by atoms with Crippen molar-refractivity contribution in [1.29, 1.82) is 0 Å². The SMILES string of the molecule is CC(C)(C=O)Cc1cn(COCC[Si](C)(C)C)c2ncc(-c3cccc(I)c3)nc12. The highest BCUT2D eigenvalue weighted by molar-refractivity contribution is 14.1. The molecule has 0 spiro atoms. The van der Waals surface area contributed by atoms with Crippen LogP contribution in [0.5, 0.6) is 0 Å². The highest BCUT2D eigenvalue weighted by Gasteiger charge is 2.22. The molecule has 0 aliphatic rings. The molecule has 1 aromatic carbocycles. The van der Waals surface area contributed by atoms with Crippen LogP contribution in [-0.2, 0) is 22.7 Å². The topological polar surface area (TPSA) is 57.0 Å². The van der Waals surface area contributed by atoms with Gasteiger partial charge >= 0.3 is 0 Å². The lowest BCUT2D eigenvalue weighted by atomic mass is 9.88. The average Bonchev–Trinajstić information content (AvgIpc) is 3.01. The molecule has 0 N–H and O–H groups in total. The second-order valence-corrected chi connectivity index (χ2v) is 16.6. The van der Waals surface area contributed by atoms with Gasteiger partial charge in [-0.25, -0.2) is 9.97 Å². The molecule has 0 bridgehead atoms. The number of halogens is 1. The van der Waals surface area contributed by atoms with Gasteiger partial charge < -0.3 is 14.1 Å². The van der Waals surface area contributed by atoms with E-state index in [2.05, 4.69) is 54.4 Å². The molecule has 7 heteroatoms. The molecule has 3 rings (SSSR count). The molecule has 0 saturated heterocycles. The van der Waals surface area contributed by atoms with Crippen LogP contribution in [0.15, 0.2) is 36.7 Å². The van der Waals surface area contributed by atoms with Gasteiger partial charge in [0.2, 0.25) is 0 Å². The van der Waals surface area contributed by atoms with Gasteiger partial charge in [-0.3, -0.25) is 0 Å². The molecule has 0 unspecified atom stereocenters. The van der Waals surface area contributed by atoms with Gasteiger partial charge in [0.25, 0.3) is 0 Å². The Morgan fingerprint density at radius 2 is 2.03 bits per heavy atom. The molecule has 3 aromatic rings. The number of hydrogen-bond donors (Lipinski definition) is 0. The molecular weight excluding hydrogens is 505 g/mol. The van der Waals surface area contributed by atoms with Crippen molar-refractivity contribution >= 4 is 48.1 Å². The van der Waals surface area contributed by atoms with Crippen molar-refractivity contribution in [1.82, 2.24) is 14.5 Å². The summed E-state index contributed by atoms with van der Waals surface area (Å²) in [6.45, 7) is 12.1. The Morgan fingerprint density at radius 1 is 1.27 bits per heavy atom. The molecule has 0 amide bonds. The predicted molar refractivity (Wildman–Crippen MR) is 133 cm³/mol. The van der Waals surface area contributed by atoms with E-state index >= 15 is 0 Å². The van der Waals surface area contributed by atoms with Crippen molar-refractivity contribution in [2.24, 2.45) is 5.41 Å². The fraction of sp³-hybridized carbons (Fsp3) is 0.435. The average molecular weight is 536 g/mol. The predicted octanol–water partition coefficient (Wildman–Crippen LogP) is 5.78. The number of hydrogen-bond acceptors (Lipinski definition) is 4. The molecule has 2 heterocycles. The molecule has 30 heavy (non-hydrogen) atoms. The van der Waals surface area contributed by atoms with Crippen molar-refractivity contribution in [3.8, 4) is 11.3 Å². The smallest absolute Gasteiger partial charge is 0.160 e. The van der Waals surface area contributed by atoms with Crippen molar-refractivity contribution in [3.63, 3.8) is 0 Å². The number of aromatic nitrogens is 3. The van der Waals surface area contributed by atoms with Crippen LogP contribution in [0.2, 0.25) is 25.7 Å². The third-order valence-corrected chi connectivity index (χ3v) is 7.33. The summed E-state index contributed by atoms with van der Waals surface area (Å²) < 4.78 is 9.13. The first-order valence-electron chi connectivity index (χ1n) is 10.2. The minimum atomic E-state index is -1.13. The summed E-state index contributed by atoms with van der Waals surface area (Å²) in [4.78, 5) is 21.2. The highest BCUT2D eigenvalue weighted by atomic mass is 127. The van der Waals surface area contributed by atoms with Crippen LogP contribution >= 0.6 is 22.6 Å². The van der Waals surface area contributed by atoms with Gasteiger partial charge in [-0.05, 0) is 52.8 Å². The van der Waals surface area contributed by atoms with Crippen LogP contribution in [0, 0.1) is 8.99 Å². The maximum Gasteiger partial charge on any atom is 0.160 e. The summed E-state index contributed by atoms with van der Waals surface area (Å²) >= 11 is 2.30. The molecular formula is C23H30IN3O2Si. The zero-order valence-electron chi connectivity index (χ0n) is 18.4. The van der Waals surface area contributed by atoms with E-state index in [4.69, 9.17) is 14.7 Å². The Labute approximate surface area is 193 Å². The van der Waals surface area contributed by atoms with Gasteiger partial charge in [-0.15, -0.1) is 0 Å². The first-order valence-corrected chi connectivity index (χ1v) is 15.0. The third kappa shape index (κ3) is 5.98. The number of fused-ring (bicyclic) bond motifs is 1. The van der Waals surface area contributed by atoms with Crippen LogP contribution in [0.1, 0.15) is 19.4 Å². The Balaban J connectivity index is 1.96. The Kier molecular flexibility index (Phi) is 7.14. The molecule has 160 valence electrons. The van der Waals surface area contributed by atoms with E-state index in [1.165, 1.54) is 0 Å².